The second-order valence-corrected chi connectivity index (χ2v) is 2.44. The Kier molecular flexibility index (Phi) is 14.6. The first-order chi connectivity index (χ1) is 7.26. The van der Waals surface area contributed by atoms with E-state index in [9.17, 15) is 0 Å². The van der Waals surface area contributed by atoms with Crippen molar-refractivity contribution in [3.8, 4) is 12.5 Å². The molecule has 0 aliphatic carbocycles. The van der Waals surface area contributed by atoms with Gasteiger partial charge in [0.1, 0.15) is 0 Å². The Morgan fingerprint density at radius 2 is 1.47 bits per heavy atom. The first-order valence-electron chi connectivity index (χ1n) is 4.37. The minimum Gasteiger partial charge on any atom is -0.443 e. The predicted molar refractivity (Wildman–Crippen MR) is 55.5 cm³/mol. The highest BCUT2D eigenvalue weighted by atomic mass is 16.2. The zero-order valence-corrected chi connectivity index (χ0v) is 8.59. The van der Waals surface area contributed by atoms with Crippen LogP contribution in [0.4, 0.5) is 0 Å². The van der Waals surface area contributed by atoms with Crippen molar-refractivity contribution in [2.24, 2.45) is 0 Å². The summed E-state index contributed by atoms with van der Waals surface area (Å²) in [6.45, 7) is 2.20. The van der Waals surface area contributed by atoms with Gasteiger partial charge in [-0.3, -0.25) is 0 Å². The molecule has 0 amide bonds. The number of benzene rings is 1. The molecule has 80 valence electrons. The fourth-order valence-corrected chi connectivity index (χ4v) is 0.933. The molecule has 0 aliphatic rings. The van der Waals surface area contributed by atoms with Gasteiger partial charge in [0.25, 0.3) is 12.5 Å². The summed E-state index contributed by atoms with van der Waals surface area (Å²) >= 11 is 0. The molecule has 0 fully saturated rings. The lowest BCUT2D eigenvalue weighted by atomic mass is 10.1. The fourth-order valence-electron chi connectivity index (χ4n) is 0.933. The van der Waals surface area contributed by atoms with Crippen LogP contribution in [0.2, 0.25) is 0 Å². The number of nitrogens with zero attached hydrogens (tertiary/aromatic N) is 2. The van der Waals surface area contributed by atoms with Crippen molar-refractivity contribution in [1.29, 1.82) is 10.5 Å². The van der Waals surface area contributed by atoms with Crippen LogP contribution in [0.5, 0.6) is 0 Å². The highest BCUT2D eigenvalue weighted by Gasteiger charge is 1.84. The van der Waals surface area contributed by atoms with Crippen LogP contribution >= 0.6 is 0 Å². The molecule has 0 aliphatic heterocycles. The van der Waals surface area contributed by atoms with E-state index in [2.05, 4.69) is 37.3 Å². The van der Waals surface area contributed by atoms with E-state index in [1.807, 2.05) is 0 Å². The van der Waals surface area contributed by atoms with E-state index in [-0.39, 0.29) is 0 Å². The lowest BCUT2D eigenvalue weighted by molar-refractivity contribution is 0.502. The summed E-state index contributed by atoms with van der Waals surface area (Å²) in [6, 6.07) is 10.6. The summed E-state index contributed by atoms with van der Waals surface area (Å²) in [5.41, 5.74) is 1.44. The van der Waals surface area contributed by atoms with Gasteiger partial charge in [-0.25, -0.2) is 0 Å². The third-order valence-corrected chi connectivity index (χ3v) is 1.38. The molecule has 0 bridgehead atoms. The Labute approximate surface area is 89.6 Å². The van der Waals surface area contributed by atoms with Crippen molar-refractivity contribution in [2.45, 2.75) is 19.8 Å². The van der Waals surface area contributed by atoms with E-state index >= 15 is 0 Å². The molecule has 1 aromatic carbocycles. The first kappa shape index (κ1) is 15.3. The van der Waals surface area contributed by atoms with Crippen LogP contribution in [0.3, 0.4) is 0 Å². The van der Waals surface area contributed by atoms with Gasteiger partial charge >= 0.3 is 0 Å². The minimum atomic E-state index is 0.750. The summed E-state index contributed by atoms with van der Waals surface area (Å²) < 4.78 is 0. The normalized spacial score (nSPS) is 6.60. The molecule has 1 aromatic rings. The number of nitriles is 2. The maximum absolute atomic E-state index is 6.88. The Morgan fingerprint density at radius 3 is 1.80 bits per heavy atom. The van der Waals surface area contributed by atoms with Gasteiger partial charge in [-0.1, -0.05) is 43.7 Å². The molecule has 0 aromatic heterocycles. The van der Waals surface area contributed by atoms with Crippen LogP contribution in [0.1, 0.15) is 18.9 Å². The van der Waals surface area contributed by atoms with E-state index in [0.717, 1.165) is 12.5 Å². The molecule has 4 heteroatoms. The summed E-state index contributed by atoms with van der Waals surface area (Å²) in [5, 5.41) is 27.5. The number of aliphatic hydroxyl groups is 2. The molecular weight excluding hydrogens is 192 g/mol. The summed E-state index contributed by atoms with van der Waals surface area (Å²) in [6.07, 6.45) is 3.95. The third-order valence-electron chi connectivity index (χ3n) is 1.38. The van der Waals surface area contributed by atoms with E-state index in [1.54, 1.807) is 0 Å². The maximum Gasteiger partial charge on any atom is 0.283 e. The molecule has 2 N–H and O–H groups in total. The molecule has 1 rings (SSSR count). The summed E-state index contributed by atoms with van der Waals surface area (Å²) in [5.74, 6) is 0. The molecule has 0 unspecified atom stereocenters. The highest BCUT2D eigenvalue weighted by molar-refractivity contribution is 5.14. The Hall–Kier alpha value is -2.20. The molecule has 0 atom stereocenters. The van der Waals surface area contributed by atoms with Gasteiger partial charge in [0, 0.05) is 0 Å². The van der Waals surface area contributed by atoms with Crippen molar-refractivity contribution in [1.82, 2.24) is 0 Å². The van der Waals surface area contributed by atoms with Crippen molar-refractivity contribution in [3.63, 3.8) is 0 Å². The van der Waals surface area contributed by atoms with Crippen LogP contribution in [0, 0.1) is 23.0 Å². The van der Waals surface area contributed by atoms with Gasteiger partial charge in [0.15, 0.2) is 0 Å². The largest absolute Gasteiger partial charge is 0.443 e. The monoisotopic (exact) mass is 206 g/mol. The topological polar surface area (TPSA) is 88.0 Å². The standard InChI is InChI=1S/C9H12.2CHNO/c1-2-6-9-7-4-3-5-8-9;2*2-1-3/h3-5,7-8H,2,6H2,1H3;2*3H. The van der Waals surface area contributed by atoms with Crippen LogP contribution in [0.15, 0.2) is 30.3 Å². The van der Waals surface area contributed by atoms with E-state index in [0.29, 0.717) is 0 Å². The Balaban J connectivity index is 0. The van der Waals surface area contributed by atoms with Gasteiger partial charge in [0.2, 0.25) is 0 Å². The Morgan fingerprint density at radius 1 is 1.07 bits per heavy atom. The molecule has 0 saturated carbocycles. The van der Waals surface area contributed by atoms with Crippen LogP contribution in [0.25, 0.3) is 0 Å². The average Bonchev–Trinajstić information content (AvgIpc) is 2.22. The summed E-state index contributed by atoms with van der Waals surface area (Å²) in [4.78, 5) is 0. The molecule has 15 heavy (non-hydrogen) atoms. The van der Waals surface area contributed by atoms with Crippen LogP contribution in [-0.2, 0) is 6.42 Å². The molecule has 0 heterocycles. The van der Waals surface area contributed by atoms with E-state index in [1.165, 1.54) is 18.4 Å². The quantitative estimate of drug-likeness (QED) is 0.727. The summed E-state index contributed by atoms with van der Waals surface area (Å²) in [7, 11) is 0. The van der Waals surface area contributed by atoms with E-state index < -0.39 is 0 Å². The molecular formula is C11H14N2O2. The lowest BCUT2D eigenvalue weighted by Crippen LogP contribution is -1.78. The van der Waals surface area contributed by atoms with Gasteiger partial charge < -0.3 is 10.2 Å². The molecule has 4 nitrogen and oxygen atoms in total. The van der Waals surface area contributed by atoms with Crippen molar-refractivity contribution in [3.05, 3.63) is 35.9 Å². The van der Waals surface area contributed by atoms with Gasteiger partial charge in [-0.05, 0) is 12.0 Å². The van der Waals surface area contributed by atoms with Crippen LogP contribution < -0.4 is 0 Å². The van der Waals surface area contributed by atoms with Gasteiger partial charge in [-0.2, -0.15) is 10.5 Å². The lowest BCUT2D eigenvalue weighted by Gasteiger charge is -1.93. The van der Waals surface area contributed by atoms with Gasteiger partial charge in [-0.15, -0.1) is 0 Å². The number of aliphatic hydroxyl groups excluding tert-OH is 2. The number of rotatable bonds is 2. The zero-order valence-electron chi connectivity index (χ0n) is 8.59. The number of hydrogen-bond acceptors (Lipinski definition) is 4. The maximum atomic E-state index is 6.88. The second-order valence-electron chi connectivity index (χ2n) is 2.44. The first-order valence-corrected chi connectivity index (χ1v) is 4.37. The highest BCUT2D eigenvalue weighted by Crippen LogP contribution is 2.00. The fraction of sp³-hybridized carbons (Fsp3) is 0.273. The number of aryl methyl sites for hydroxylation is 1. The minimum absolute atomic E-state index is 0.750. The SMILES string of the molecule is CCCc1ccccc1.N#CO.N#CO. The second kappa shape index (κ2) is 14.3. The zero-order chi connectivity index (χ0) is 11.9. The molecule has 0 radical (unpaired) electrons. The smallest absolute Gasteiger partial charge is 0.283 e. The predicted octanol–water partition coefficient (Wildman–Crippen LogP) is 2.32. The number of hydrogen-bond donors (Lipinski definition) is 2. The molecule has 0 spiro atoms. The third kappa shape index (κ3) is 14.6. The van der Waals surface area contributed by atoms with Crippen molar-refractivity contribution in [2.75, 3.05) is 0 Å². The average molecular weight is 206 g/mol. The van der Waals surface area contributed by atoms with E-state index in [4.69, 9.17) is 20.7 Å². The Bertz CT molecular complexity index is 287. The van der Waals surface area contributed by atoms with Crippen molar-refractivity contribution >= 4 is 0 Å². The molecule has 0 saturated heterocycles. The van der Waals surface area contributed by atoms with Crippen molar-refractivity contribution < 1.29 is 10.2 Å². The van der Waals surface area contributed by atoms with Gasteiger partial charge in [0.05, 0.1) is 0 Å². The van der Waals surface area contributed by atoms with Crippen LogP contribution in [-0.4, -0.2) is 10.2 Å².